The summed E-state index contributed by atoms with van der Waals surface area (Å²) in [6.45, 7) is 1.60. The molecule has 3 aliphatic rings. The van der Waals surface area contributed by atoms with Gasteiger partial charge in [0.1, 0.15) is 22.8 Å². The maximum atomic E-state index is 13.9. The van der Waals surface area contributed by atoms with Gasteiger partial charge in [-0.3, -0.25) is 19.3 Å². The lowest BCUT2D eigenvalue weighted by Crippen LogP contribution is -2.70. The first-order chi connectivity index (χ1) is 18.5. The van der Waals surface area contributed by atoms with E-state index in [4.69, 9.17) is 5.73 Å². The number of primary amides is 1. The zero-order chi connectivity index (χ0) is 30.1. The van der Waals surface area contributed by atoms with Crippen LogP contribution in [-0.4, -0.2) is 85.9 Å². The maximum absolute atomic E-state index is 13.9. The number of likely N-dealkylation sites (N-methyl/N-ethyl adjacent to an activating group) is 1. The van der Waals surface area contributed by atoms with Gasteiger partial charge in [0.2, 0.25) is 5.78 Å². The molecule has 0 radical (unpaired) electrons. The van der Waals surface area contributed by atoms with E-state index in [1.165, 1.54) is 31.1 Å². The summed E-state index contributed by atoms with van der Waals surface area (Å²) in [6.07, 6.45) is -7.11. The summed E-state index contributed by atoms with van der Waals surface area (Å²) in [5, 5.41) is 56.4. The highest BCUT2D eigenvalue weighted by molar-refractivity contribution is 6.24. The van der Waals surface area contributed by atoms with Crippen LogP contribution in [0.25, 0.3) is 5.76 Å². The monoisotopic (exact) mass is 568 g/mol. The Balaban J connectivity index is 1.86. The lowest BCUT2D eigenvalue weighted by atomic mass is 9.54. The van der Waals surface area contributed by atoms with E-state index in [-0.39, 0.29) is 30.4 Å². The Kier molecular flexibility index (Phi) is 7.31. The van der Waals surface area contributed by atoms with Crippen molar-refractivity contribution >= 4 is 23.2 Å². The SMILES string of the molecule is C[C@H]1c2ccc(CCCCC(F)(F)F)c(O)c2C(O)=C2C(=O)[C@]3(O)C(O)=C(C(N)=O)C(=O)[C@@H](N(C)C)[C@@H]3[C@@H](O)[C@@H]21. The summed E-state index contributed by atoms with van der Waals surface area (Å²) in [5.41, 5.74) is 1.08. The highest BCUT2D eigenvalue weighted by atomic mass is 19.4. The number of rotatable bonds is 6. The number of aliphatic hydroxyl groups excluding tert-OH is 3. The average Bonchev–Trinajstić information content (AvgIpc) is 2.84. The van der Waals surface area contributed by atoms with E-state index in [1.54, 1.807) is 6.92 Å². The molecule has 0 bridgehead atoms. The van der Waals surface area contributed by atoms with E-state index in [9.17, 15) is 53.1 Å². The molecule has 0 aliphatic heterocycles. The van der Waals surface area contributed by atoms with E-state index in [0.717, 1.165) is 0 Å². The fraction of sp³-hybridized carbons (Fsp3) is 0.519. The number of ketones is 2. The van der Waals surface area contributed by atoms with E-state index >= 15 is 0 Å². The molecule has 10 nitrogen and oxygen atoms in total. The maximum Gasteiger partial charge on any atom is 0.389 e. The summed E-state index contributed by atoms with van der Waals surface area (Å²) < 4.78 is 37.5. The molecule has 1 amide bonds. The van der Waals surface area contributed by atoms with Gasteiger partial charge in [0.25, 0.3) is 5.91 Å². The van der Waals surface area contributed by atoms with Gasteiger partial charge in [-0.15, -0.1) is 0 Å². The second-order valence-corrected chi connectivity index (χ2v) is 10.9. The van der Waals surface area contributed by atoms with Crippen LogP contribution in [0.5, 0.6) is 5.75 Å². The quantitative estimate of drug-likeness (QED) is 0.220. The molecule has 1 fully saturated rings. The van der Waals surface area contributed by atoms with Crippen LogP contribution < -0.4 is 5.73 Å². The summed E-state index contributed by atoms with van der Waals surface area (Å²) in [5.74, 6) is -9.90. The van der Waals surface area contributed by atoms with Gasteiger partial charge in [-0.25, -0.2) is 0 Å². The number of phenols is 1. The molecule has 218 valence electrons. The minimum Gasteiger partial charge on any atom is -0.508 e. The number of aliphatic hydroxyl groups is 4. The molecule has 1 aromatic carbocycles. The van der Waals surface area contributed by atoms with E-state index in [1.807, 2.05) is 0 Å². The summed E-state index contributed by atoms with van der Waals surface area (Å²) in [6, 6.07) is 1.57. The van der Waals surface area contributed by atoms with Crippen LogP contribution in [0.4, 0.5) is 13.2 Å². The Morgan fingerprint density at radius 2 is 1.75 bits per heavy atom. The van der Waals surface area contributed by atoms with Crippen molar-refractivity contribution in [3.63, 3.8) is 0 Å². The first-order valence-electron chi connectivity index (χ1n) is 12.7. The number of unbranched alkanes of at least 4 members (excludes halogenated alkanes) is 1. The predicted molar refractivity (Wildman–Crippen MR) is 134 cm³/mol. The number of Topliss-reactive ketones (excluding diaryl/α,β-unsaturated/α-hetero) is 2. The van der Waals surface area contributed by atoms with E-state index in [0.29, 0.717) is 5.56 Å². The fourth-order valence-electron chi connectivity index (χ4n) is 6.50. The summed E-state index contributed by atoms with van der Waals surface area (Å²) in [4.78, 5) is 40.5. The van der Waals surface area contributed by atoms with Crippen LogP contribution >= 0.6 is 0 Å². The van der Waals surface area contributed by atoms with Crippen molar-refractivity contribution in [3.05, 3.63) is 45.7 Å². The molecule has 0 spiro atoms. The minimum atomic E-state index is -4.32. The van der Waals surface area contributed by atoms with Gasteiger partial charge < -0.3 is 31.3 Å². The second-order valence-electron chi connectivity index (χ2n) is 10.9. The first kappa shape index (κ1) is 29.6. The molecule has 7 N–H and O–H groups in total. The number of fused-ring (bicyclic) bond motifs is 3. The van der Waals surface area contributed by atoms with Crippen molar-refractivity contribution in [3.8, 4) is 5.75 Å². The molecule has 1 saturated carbocycles. The van der Waals surface area contributed by atoms with Crippen molar-refractivity contribution in [1.82, 2.24) is 4.90 Å². The lowest BCUT2D eigenvalue weighted by Gasteiger charge is -2.53. The number of aryl methyl sites for hydroxylation is 1. The molecule has 40 heavy (non-hydrogen) atoms. The van der Waals surface area contributed by atoms with Crippen LogP contribution in [0.3, 0.4) is 0 Å². The Bertz CT molecular complexity index is 1350. The van der Waals surface area contributed by atoms with Gasteiger partial charge in [0.05, 0.1) is 23.6 Å². The number of aromatic hydroxyl groups is 1. The number of benzene rings is 1. The van der Waals surface area contributed by atoms with Gasteiger partial charge in [-0.1, -0.05) is 19.1 Å². The molecule has 0 unspecified atom stereocenters. The number of carbonyl (C=O) groups excluding carboxylic acids is 3. The van der Waals surface area contributed by atoms with Crippen molar-refractivity contribution < 1.29 is 53.1 Å². The number of nitrogens with zero attached hydrogens (tertiary/aromatic N) is 1. The van der Waals surface area contributed by atoms with Gasteiger partial charge in [0, 0.05) is 17.9 Å². The fourth-order valence-corrected chi connectivity index (χ4v) is 6.50. The first-order valence-corrected chi connectivity index (χ1v) is 12.7. The number of hydrogen-bond acceptors (Lipinski definition) is 9. The number of phenolic OH excluding ortho intramolecular Hbond substituents is 1. The van der Waals surface area contributed by atoms with Crippen LogP contribution in [0.15, 0.2) is 29.0 Å². The van der Waals surface area contributed by atoms with Gasteiger partial charge in [0.15, 0.2) is 11.4 Å². The number of carbonyl (C=O) groups is 3. The molecule has 0 saturated heterocycles. The van der Waals surface area contributed by atoms with Crippen molar-refractivity contribution in [1.29, 1.82) is 0 Å². The number of nitrogens with two attached hydrogens (primary N) is 1. The van der Waals surface area contributed by atoms with Crippen LogP contribution in [0, 0.1) is 11.8 Å². The third-order valence-electron chi connectivity index (χ3n) is 8.37. The molecular weight excluding hydrogens is 537 g/mol. The Morgan fingerprint density at radius 1 is 1.12 bits per heavy atom. The van der Waals surface area contributed by atoms with Gasteiger partial charge >= 0.3 is 6.18 Å². The Morgan fingerprint density at radius 3 is 2.30 bits per heavy atom. The minimum absolute atomic E-state index is 0.0380. The zero-order valence-electron chi connectivity index (χ0n) is 22.0. The van der Waals surface area contributed by atoms with Crippen molar-refractivity contribution in [2.75, 3.05) is 14.1 Å². The third-order valence-corrected chi connectivity index (χ3v) is 8.37. The molecule has 4 rings (SSSR count). The molecule has 0 heterocycles. The molecule has 3 aliphatic carbocycles. The van der Waals surface area contributed by atoms with E-state index < -0.39 is 94.0 Å². The Labute approximate surface area is 227 Å². The number of halogens is 3. The van der Waals surface area contributed by atoms with Crippen molar-refractivity contribution in [2.24, 2.45) is 17.6 Å². The highest BCUT2D eigenvalue weighted by Crippen LogP contribution is 2.56. The van der Waals surface area contributed by atoms with Gasteiger partial charge in [-0.05, 0) is 50.4 Å². The second kappa shape index (κ2) is 9.89. The predicted octanol–water partition coefficient (Wildman–Crippen LogP) is 1.77. The highest BCUT2D eigenvalue weighted by Gasteiger charge is 2.68. The van der Waals surface area contributed by atoms with Crippen LogP contribution in [0.1, 0.15) is 48.8 Å². The normalized spacial score (nSPS) is 30.4. The molecule has 1 aromatic rings. The molecule has 6 atom stereocenters. The van der Waals surface area contributed by atoms with E-state index in [2.05, 4.69) is 0 Å². The topological polar surface area (TPSA) is 182 Å². The number of alkyl halides is 3. The average molecular weight is 569 g/mol. The van der Waals surface area contributed by atoms with Crippen LogP contribution in [0.2, 0.25) is 0 Å². The lowest BCUT2D eigenvalue weighted by molar-refractivity contribution is -0.169. The Hall–Kier alpha value is -3.42. The number of amides is 1. The molecular formula is C27H31F3N2O8. The molecule has 0 aromatic heterocycles. The zero-order valence-corrected chi connectivity index (χ0v) is 22.0. The summed E-state index contributed by atoms with van der Waals surface area (Å²) in [7, 11) is 2.83. The molecule has 13 heteroatoms. The largest absolute Gasteiger partial charge is 0.508 e. The van der Waals surface area contributed by atoms with Crippen molar-refractivity contribution in [2.45, 2.75) is 62.4 Å². The van der Waals surface area contributed by atoms with Crippen LogP contribution in [-0.2, 0) is 20.8 Å². The standard InChI is InChI=1S/C27H31F3N2O8/c1-10-12-8-7-11(6-4-5-9-26(28,29)30)19(33)14(12)20(34)15-13(10)21(35)17-18(32(2)3)22(36)16(25(31)39)24(38)27(17,40)23(15)37/h7-8,10,13,17-18,21,33-35,38,40H,4-6,9H2,1-3H3,(H2,31,39)/t10-,13+,17+,18-,21-,27-/m0/s1. The van der Waals surface area contributed by atoms with Gasteiger partial charge in [-0.2, -0.15) is 13.2 Å². The smallest absolute Gasteiger partial charge is 0.389 e. The third kappa shape index (κ3) is 4.27. The number of hydrogen-bond donors (Lipinski definition) is 6. The summed E-state index contributed by atoms with van der Waals surface area (Å²) >= 11 is 0.